The molecule has 2 N–H and O–H groups in total. The van der Waals surface area contributed by atoms with Crippen LogP contribution in [0.3, 0.4) is 0 Å². The lowest BCUT2D eigenvalue weighted by molar-refractivity contribution is -0.146. The first kappa shape index (κ1) is 31.2. The summed E-state index contributed by atoms with van der Waals surface area (Å²) in [5.41, 5.74) is 4.72. The summed E-state index contributed by atoms with van der Waals surface area (Å²) in [6, 6.07) is 10.1. The number of hydrogen-bond donors (Lipinski definition) is 2. The molecule has 2 aromatic rings. The fraction of sp³-hybridized carbons (Fsp3) is 0.545. The van der Waals surface area contributed by atoms with Crippen LogP contribution in [0.2, 0.25) is 0 Å². The molecule has 3 rings (SSSR count). The van der Waals surface area contributed by atoms with Gasteiger partial charge in [-0.15, -0.1) is 0 Å². The molecule has 0 bridgehead atoms. The van der Waals surface area contributed by atoms with Gasteiger partial charge in [-0.2, -0.15) is 0 Å². The molecule has 7 nitrogen and oxygen atoms in total. The van der Waals surface area contributed by atoms with Crippen molar-refractivity contribution >= 4 is 23.6 Å². The minimum atomic E-state index is -0.855. The Morgan fingerprint density at radius 3 is 2.12 bits per heavy atom. The van der Waals surface area contributed by atoms with Gasteiger partial charge in [0.25, 0.3) is 5.91 Å². The second-order valence-corrected chi connectivity index (χ2v) is 12.7. The molecule has 0 aliphatic heterocycles. The van der Waals surface area contributed by atoms with Gasteiger partial charge in [0.15, 0.2) is 0 Å². The zero-order valence-electron chi connectivity index (χ0n) is 25.7. The van der Waals surface area contributed by atoms with Crippen molar-refractivity contribution < 1.29 is 19.1 Å². The van der Waals surface area contributed by atoms with Crippen LogP contribution in [0, 0.1) is 33.6 Å². The number of ether oxygens (including phenoxy) is 1. The van der Waals surface area contributed by atoms with Crippen molar-refractivity contribution in [2.45, 2.75) is 112 Å². The van der Waals surface area contributed by atoms with E-state index in [9.17, 15) is 14.4 Å². The van der Waals surface area contributed by atoms with E-state index in [1.165, 1.54) is 0 Å². The van der Waals surface area contributed by atoms with Gasteiger partial charge in [-0.05, 0) is 102 Å². The van der Waals surface area contributed by atoms with Crippen molar-refractivity contribution in [2.75, 3.05) is 5.32 Å². The quantitative estimate of drug-likeness (QED) is 0.355. The van der Waals surface area contributed by atoms with Crippen LogP contribution in [0.1, 0.15) is 94.2 Å². The number of carbonyl (C=O) groups is 3. The molecule has 1 fully saturated rings. The maximum atomic E-state index is 14.5. The molecule has 7 heteroatoms. The number of rotatable bonds is 9. The molecule has 1 aliphatic carbocycles. The zero-order chi connectivity index (χ0) is 29.8. The summed E-state index contributed by atoms with van der Waals surface area (Å²) in [4.78, 5) is 43.4. The number of alkyl carbamates (subject to hydrolysis) is 1. The van der Waals surface area contributed by atoms with Gasteiger partial charge in [-0.25, -0.2) is 4.79 Å². The first-order chi connectivity index (χ1) is 18.7. The third-order valence-corrected chi connectivity index (χ3v) is 7.40. The Hall–Kier alpha value is -3.35. The Bertz CT molecular complexity index is 1210. The first-order valence-electron chi connectivity index (χ1n) is 14.4. The van der Waals surface area contributed by atoms with Gasteiger partial charge in [0.2, 0.25) is 5.91 Å². The van der Waals surface area contributed by atoms with Crippen LogP contribution >= 0.6 is 0 Å². The molecule has 0 saturated heterocycles. The van der Waals surface area contributed by atoms with Crippen LogP contribution < -0.4 is 10.6 Å². The van der Waals surface area contributed by atoms with E-state index < -0.39 is 23.8 Å². The largest absolute Gasteiger partial charge is 0.444 e. The highest BCUT2D eigenvalue weighted by Crippen LogP contribution is 2.36. The summed E-state index contributed by atoms with van der Waals surface area (Å²) in [5, 5.41) is 6.01. The molecule has 0 spiro atoms. The maximum absolute atomic E-state index is 14.5. The summed E-state index contributed by atoms with van der Waals surface area (Å²) in [5.74, 6) is -0.381. The highest BCUT2D eigenvalue weighted by Gasteiger charge is 2.42. The van der Waals surface area contributed by atoms with Gasteiger partial charge in [0.05, 0.1) is 0 Å². The van der Waals surface area contributed by atoms with Gasteiger partial charge in [-0.1, -0.05) is 55.8 Å². The Balaban J connectivity index is 2.10. The topological polar surface area (TPSA) is 87.7 Å². The number of benzene rings is 2. The molecule has 40 heavy (non-hydrogen) atoms. The van der Waals surface area contributed by atoms with Crippen molar-refractivity contribution in [3.05, 3.63) is 64.2 Å². The van der Waals surface area contributed by atoms with Crippen molar-refractivity contribution in [2.24, 2.45) is 5.92 Å². The Labute approximate surface area is 240 Å². The number of aryl methyl sites for hydroxylation is 4. The van der Waals surface area contributed by atoms with E-state index in [2.05, 4.69) is 10.6 Å². The molecule has 2 unspecified atom stereocenters. The molecule has 1 aliphatic rings. The fourth-order valence-electron chi connectivity index (χ4n) is 5.18. The first-order valence-corrected chi connectivity index (χ1v) is 14.4. The third-order valence-electron chi connectivity index (χ3n) is 7.40. The van der Waals surface area contributed by atoms with Crippen molar-refractivity contribution in [3.63, 3.8) is 0 Å². The van der Waals surface area contributed by atoms with E-state index >= 15 is 0 Å². The number of para-hydroxylation sites is 1. The molecular formula is C33H47N3O4. The highest BCUT2D eigenvalue weighted by molar-refractivity contribution is 6.00. The number of anilines is 1. The van der Waals surface area contributed by atoms with E-state index in [-0.39, 0.29) is 23.8 Å². The number of nitrogens with one attached hydrogen (secondary N) is 2. The van der Waals surface area contributed by atoms with Crippen molar-refractivity contribution in [1.29, 1.82) is 0 Å². The van der Waals surface area contributed by atoms with E-state index in [0.717, 1.165) is 52.8 Å². The molecule has 0 heterocycles. The third kappa shape index (κ3) is 7.86. The summed E-state index contributed by atoms with van der Waals surface area (Å²) in [6.45, 7) is 17.3. The van der Waals surface area contributed by atoms with E-state index in [1.807, 2.05) is 77.9 Å². The normalized spacial score (nSPS) is 15.2. The van der Waals surface area contributed by atoms with Crippen LogP contribution in [-0.4, -0.2) is 40.5 Å². The van der Waals surface area contributed by atoms with E-state index in [0.29, 0.717) is 6.42 Å². The average molecular weight is 550 g/mol. The molecule has 218 valence electrons. The smallest absolute Gasteiger partial charge is 0.408 e. The summed E-state index contributed by atoms with van der Waals surface area (Å²) < 4.78 is 5.51. The average Bonchev–Trinajstić information content (AvgIpc) is 2.79. The molecule has 2 atom stereocenters. The van der Waals surface area contributed by atoms with Gasteiger partial charge >= 0.3 is 6.09 Å². The standard InChI is InChI=1S/C33H47N3O4/c1-20(2)18-27(34-32(39)40-33(7,8)9)31(38)36(25-14-11-15-25)29(26-19-21(3)16-17-22(26)4)30(37)35-28-23(5)12-10-13-24(28)6/h10,12-13,16-17,19-20,25,27,29H,11,14-15,18H2,1-9H3,(H,34,39)(H,35,37). The highest BCUT2D eigenvalue weighted by atomic mass is 16.6. The lowest BCUT2D eigenvalue weighted by Crippen LogP contribution is -2.57. The van der Waals surface area contributed by atoms with Gasteiger partial charge < -0.3 is 20.3 Å². The Morgan fingerprint density at radius 2 is 1.60 bits per heavy atom. The van der Waals surface area contributed by atoms with E-state index in [1.54, 1.807) is 25.7 Å². The maximum Gasteiger partial charge on any atom is 0.408 e. The number of nitrogens with zero attached hydrogens (tertiary/aromatic N) is 1. The van der Waals surface area contributed by atoms with Crippen LogP contribution in [0.4, 0.5) is 10.5 Å². The molecule has 0 radical (unpaired) electrons. The van der Waals surface area contributed by atoms with Crippen LogP contribution in [0.15, 0.2) is 36.4 Å². The van der Waals surface area contributed by atoms with Gasteiger partial charge in [-0.3, -0.25) is 9.59 Å². The van der Waals surface area contributed by atoms with Crippen LogP contribution in [-0.2, 0) is 14.3 Å². The summed E-state index contributed by atoms with van der Waals surface area (Å²) in [7, 11) is 0. The number of carbonyl (C=O) groups excluding carboxylic acids is 3. The molecule has 1 saturated carbocycles. The van der Waals surface area contributed by atoms with Crippen molar-refractivity contribution in [3.8, 4) is 0 Å². The molecule has 0 aromatic heterocycles. The number of hydrogen-bond acceptors (Lipinski definition) is 4. The predicted molar refractivity (Wildman–Crippen MR) is 160 cm³/mol. The monoisotopic (exact) mass is 549 g/mol. The SMILES string of the molecule is Cc1ccc(C)c(C(C(=O)Nc2c(C)cccc2C)N(C(=O)C(CC(C)C)NC(=O)OC(C)(C)C)C2CCC2)c1. The van der Waals surface area contributed by atoms with Crippen LogP contribution in [0.25, 0.3) is 0 Å². The number of amides is 3. The molecule has 2 aromatic carbocycles. The molecular weight excluding hydrogens is 502 g/mol. The van der Waals surface area contributed by atoms with Gasteiger partial charge in [0, 0.05) is 11.7 Å². The summed E-state index contributed by atoms with van der Waals surface area (Å²) >= 11 is 0. The van der Waals surface area contributed by atoms with Gasteiger partial charge in [0.1, 0.15) is 17.7 Å². The summed E-state index contributed by atoms with van der Waals surface area (Å²) in [6.07, 6.45) is 2.40. The Morgan fingerprint density at radius 1 is 0.975 bits per heavy atom. The minimum Gasteiger partial charge on any atom is -0.444 e. The molecule has 3 amide bonds. The lowest BCUT2D eigenvalue weighted by atomic mass is 9.86. The predicted octanol–water partition coefficient (Wildman–Crippen LogP) is 6.92. The Kier molecular flexibility index (Phi) is 10.0. The fourth-order valence-corrected chi connectivity index (χ4v) is 5.18. The van der Waals surface area contributed by atoms with Crippen molar-refractivity contribution in [1.82, 2.24) is 10.2 Å². The van der Waals surface area contributed by atoms with E-state index in [4.69, 9.17) is 4.74 Å². The minimum absolute atomic E-state index is 0.101. The second-order valence-electron chi connectivity index (χ2n) is 12.7. The lowest BCUT2D eigenvalue weighted by Gasteiger charge is -2.44. The zero-order valence-corrected chi connectivity index (χ0v) is 25.7. The second kappa shape index (κ2) is 12.9. The van der Waals surface area contributed by atoms with Crippen LogP contribution in [0.5, 0.6) is 0 Å².